The number of fused-ring (bicyclic) bond motifs is 1. The van der Waals surface area contributed by atoms with E-state index in [4.69, 9.17) is 5.11 Å². The van der Waals surface area contributed by atoms with Gasteiger partial charge in [-0.3, -0.25) is 19.4 Å². The third kappa shape index (κ3) is 5.50. The van der Waals surface area contributed by atoms with Crippen molar-refractivity contribution in [2.75, 3.05) is 0 Å². The zero-order valence-electron chi connectivity index (χ0n) is 14.6. The van der Waals surface area contributed by atoms with Crippen LogP contribution >= 0.6 is 11.3 Å². The number of halogens is 6. The first-order valence-electron chi connectivity index (χ1n) is 7.82. The average molecular weight is 448 g/mol. The quantitative estimate of drug-likeness (QED) is 0.465. The van der Waals surface area contributed by atoms with Crippen LogP contribution in [0.1, 0.15) is 16.9 Å². The zero-order chi connectivity index (χ0) is 22.1. The molecule has 29 heavy (non-hydrogen) atoms. The molecule has 0 aromatic carbocycles. The van der Waals surface area contributed by atoms with E-state index in [1.165, 1.54) is 6.92 Å². The highest BCUT2D eigenvalue weighted by Gasteiger charge is 2.33. The number of nitrogens with zero attached hydrogens (tertiary/aromatic N) is 2. The molecule has 2 heterocycles. The van der Waals surface area contributed by atoms with Gasteiger partial charge >= 0.3 is 24.1 Å². The Hall–Kier alpha value is -2.55. The van der Waals surface area contributed by atoms with Crippen LogP contribution < -0.4 is 22.1 Å². The summed E-state index contributed by atoms with van der Waals surface area (Å²) in [5.41, 5.74) is 1.43. The Morgan fingerprint density at radius 1 is 1.10 bits per heavy atom. The van der Waals surface area contributed by atoms with Crippen LogP contribution in [-0.2, 0) is 19.6 Å². The molecule has 8 nitrogen and oxygen atoms in total. The van der Waals surface area contributed by atoms with Gasteiger partial charge in [-0.2, -0.15) is 26.3 Å². The minimum atomic E-state index is -4.95. The number of nitrogens with one attached hydrogen (secondary N) is 2. The Balaban J connectivity index is 2.67. The van der Waals surface area contributed by atoms with E-state index >= 15 is 0 Å². The van der Waals surface area contributed by atoms with Crippen LogP contribution in [0.3, 0.4) is 0 Å². The summed E-state index contributed by atoms with van der Waals surface area (Å²) < 4.78 is 76.6. The molecule has 0 saturated heterocycles. The van der Waals surface area contributed by atoms with Gasteiger partial charge in [-0.25, -0.2) is 15.0 Å². The number of hydrogen-bond acceptors (Lipinski definition) is 5. The summed E-state index contributed by atoms with van der Waals surface area (Å²) in [4.78, 5) is 35.4. The van der Waals surface area contributed by atoms with Crippen molar-refractivity contribution in [3.8, 4) is 0 Å². The highest BCUT2D eigenvalue weighted by atomic mass is 32.1. The van der Waals surface area contributed by atoms with Crippen molar-refractivity contribution in [1.82, 2.24) is 20.0 Å². The molecule has 0 aliphatic rings. The second kappa shape index (κ2) is 8.06. The predicted molar refractivity (Wildman–Crippen MR) is 89.8 cm³/mol. The lowest BCUT2D eigenvalue weighted by Crippen LogP contribution is -2.43. The zero-order valence-corrected chi connectivity index (χ0v) is 15.4. The Labute approximate surface area is 161 Å². The Bertz CT molecular complexity index is 1040. The summed E-state index contributed by atoms with van der Waals surface area (Å²) in [6, 6.07) is 0. The summed E-state index contributed by atoms with van der Waals surface area (Å²) in [6.45, 7) is -1.79. The van der Waals surface area contributed by atoms with Crippen molar-refractivity contribution < 1.29 is 36.2 Å². The van der Waals surface area contributed by atoms with Crippen LogP contribution in [0.5, 0.6) is 0 Å². The largest absolute Gasteiger partial charge is 0.464 e. The number of carboxylic acid groups (broad SMARTS) is 1. The molecule has 15 heteroatoms. The van der Waals surface area contributed by atoms with E-state index in [1.54, 1.807) is 0 Å². The normalized spacial score (nSPS) is 12.5. The van der Waals surface area contributed by atoms with Crippen molar-refractivity contribution >= 4 is 27.6 Å². The topological polar surface area (TPSA) is 105 Å². The Morgan fingerprint density at radius 3 is 2.24 bits per heavy atom. The summed E-state index contributed by atoms with van der Waals surface area (Å²) >= 11 is 0.713. The number of thiophene rings is 1. The lowest BCUT2D eigenvalue weighted by atomic mass is 10.2. The van der Waals surface area contributed by atoms with E-state index in [2.05, 4.69) is 5.43 Å². The second-order valence-corrected chi connectivity index (χ2v) is 7.00. The fourth-order valence-corrected chi connectivity index (χ4v) is 3.82. The Morgan fingerprint density at radius 2 is 1.72 bits per heavy atom. The van der Waals surface area contributed by atoms with E-state index < -0.39 is 49.2 Å². The first kappa shape index (κ1) is 22.7. The second-order valence-electron chi connectivity index (χ2n) is 5.92. The highest BCUT2D eigenvalue weighted by molar-refractivity contribution is 7.18. The minimum Gasteiger partial charge on any atom is -0.464 e. The van der Waals surface area contributed by atoms with Gasteiger partial charge in [-0.15, -0.1) is 11.3 Å². The van der Waals surface area contributed by atoms with Crippen molar-refractivity contribution in [1.29, 1.82) is 0 Å². The number of carbonyl (C=O) groups is 1. The standard InChI is InChI=1S/C14H14F6N4O4S/c1-6-7(4-21-22-11(26)27)29-10-8(6)9(25)24(5-14(18,19)20)12(28)23(10)3-2-13(15,16)17/h21-22H,2-5H2,1H3,(H,26,27). The molecule has 0 atom stereocenters. The van der Waals surface area contributed by atoms with E-state index in [0.29, 0.717) is 15.9 Å². The molecule has 3 N–H and O–H groups in total. The molecule has 0 saturated carbocycles. The molecule has 2 aromatic heterocycles. The van der Waals surface area contributed by atoms with E-state index in [1.807, 2.05) is 5.43 Å². The number of alkyl halides is 6. The maximum absolute atomic E-state index is 12.8. The van der Waals surface area contributed by atoms with Gasteiger partial charge in [0, 0.05) is 18.0 Å². The van der Waals surface area contributed by atoms with Gasteiger partial charge < -0.3 is 5.11 Å². The summed E-state index contributed by atoms with van der Waals surface area (Å²) in [5, 5.41) is 8.21. The smallest absolute Gasteiger partial charge is 0.419 e. The van der Waals surface area contributed by atoms with Crippen LogP contribution in [0.4, 0.5) is 31.1 Å². The van der Waals surface area contributed by atoms with Gasteiger partial charge in [0.2, 0.25) is 0 Å². The van der Waals surface area contributed by atoms with Crippen LogP contribution in [0.25, 0.3) is 10.2 Å². The van der Waals surface area contributed by atoms with Crippen molar-refractivity contribution in [3.63, 3.8) is 0 Å². The fraction of sp³-hybridized carbons (Fsp3) is 0.500. The maximum atomic E-state index is 12.8. The molecule has 162 valence electrons. The maximum Gasteiger partial charge on any atom is 0.419 e. The third-order valence-electron chi connectivity index (χ3n) is 3.79. The van der Waals surface area contributed by atoms with Crippen LogP contribution in [0.2, 0.25) is 0 Å². The molecule has 0 radical (unpaired) electrons. The average Bonchev–Trinajstić information content (AvgIpc) is 2.86. The number of hydrogen-bond donors (Lipinski definition) is 3. The van der Waals surface area contributed by atoms with Gasteiger partial charge in [0.25, 0.3) is 5.56 Å². The highest BCUT2D eigenvalue weighted by Crippen LogP contribution is 2.29. The molecule has 0 fully saturated rings. The van der Waals surface area contributed by atoms with E-state index in [9.17, 15) is 40.7 Å². The number of hydrazine groups is 1. The molecule has 0 aliphatic heterocycles. The predicted octanol–water partition coefficient (Wildman–Crippen LogP) is 2.32. The minimum absolute atomic E-state index is 0.131. The van der Waals surface area contributed by atoms with Gasteiger partial charge in [0.1, 0.15) is 11.4 Å². The van der Waals surface area contributed by atoms with E-state index in [0.717, 1.165) is 0 Å². The lowest BCUT2D eigenvalue weighted by Gasteiger charge is -2.14. The first-order chi connectivity index (χ1) is 13.2. The molecule has 0 bridgehead atoms. The van der Waals surface area contributed by atoms with Crippen molar-refractivity contribution in [2.45, 2.75) is 45.3 Å². The molecule has 1 amide bonds. The first-order valence-corrected chi connectivity index (χ1v) is 8.64. The molecule has 0 aliphatic carbocycles. The summed E-state index contributed by atoms with van der Waals surface area (Å²) in [5.74, 6) is 0. The van der Waals surface area contributed by atoms with Crippen LogP contribution in [-0.4, -0.2) is 32.7 Å². The monoisotopic (exact) mass is 448 g/mol. The van der Waals surface area contributed by atoms with Gasteiger partial charge in [0.15, 0.2) is 0 Å². The van der Waals surface area contributed by atoms with Gasteiger partial charge in [0.05, 0.1) is 11.8 Å². The Kier molecular flexibility index (Phi) is 6.32. The van der Waals surface area contributed by atoms with Crippen molar-refractivity contribution in [3.05, 3.63) is 31.3 Å². The van der Waals surface area contributed by atoms with Gasteiger partial charge in [-0.1, -0.05) is 0 Å². The number of rotatable bonds is 6. The number of amides is 1. The molecule has 0 unspecified atom stereocenters. The summed E-state index contributed by atoms with van der Waals surface area (Å²) in [6.07, 6.45) is -12.5. The molecule has 2 aromatic rings. The lowest BCUT2D eigenvalue weighted by molar-refractivity contribution is -0.143. The van der Waals surface area contributed by atoms with Crippen LogP contribution in [0, 0.1) is 6.92 Å². The fourth-order valence-electron chi connectivity index (χ4n) is 2.56. The third-order valence-corrected chi connectivity index (χ3v) is 5.11. The molecular formula is C14H14F6N4O4S. The SMILES string of the molecule is Cc1c(CNNC(=O)O)sc2c1c(=O)n(CC(F)(F)F)c(=O)n2CCC(F)(F)F. The van der Waals surface area contributed by atoms with Gasteiger partial charge in [-0.05, 0) is 12.5 Å². The number of aryl methyl sites for hydroxylation is 2. The van der Waals surface area contributed by atoms with E-state index in [-0.39, 0.29) is 31.8 Å². The molecule has 0 spiro atoms. The summed E-state index contributed by atoms with van der Waals surface area (Å²) in [7, 11) is 0. The molecular weight excluding hydrogens is 434 g/mol. The molecule has 2 rings (SSSR count). The van der Waals surface area contributed by atoms with Crippen molar-refractivity contribution in [2.24, 2.45) is 0 Å². The number of aromatic nitrogens is 2. The van der Waals surface area contributed by atoms with Crippen LogP contribution in [0.15, 0.2) is 9.59 Å².